The molecule has 2 aromatic heterocycles. The molecule has 59 heavy (non-hydrogen) atoms. The highest BCUT2D eigenvalue weighted by Gasteiger charge is 2.27. The van der Waals surface area contributed by atoms with E-state index in [4.69, 9.17) is 9.15 Å². The lowest BCUT2D eigenvalue weighted by atomic mass is 9.97. The third-order valence-electron chi connectivity index (χ3n) is 11.8. The number of hydrogen-bond acceptors (Lipinski definition) is 4. The number of anilines is 6. The van der Waals surface area contributed by atoms with E-state index in [9.17, 15) is 0 Å². The number of aryl methyl sites for hydroxylation is 1. The Morgan fingerprint density at radius 3 is 1.97 bits per heavy atom. The van der Waals surface area contributed by atoms with E-state index in [1.165, 1.54) is 22.2 Å². The van der Waals surface area contributed by atoms with E-state index in [1.807, 2.05) is 18.2 Å². The lowest BCUT2D eigenvalue weighted by molar-refractivity contribution is 0.477. The molecule has 0 saturated carbocycles. The van der Waals surface area contributed by atoms with Gasteiger partial charge in [-0.2, -0.15) is 0 Å². The molecule has 0 radical (unpaired) electrons. The highest BCUT2D eigenvalue weighted by Crippen LogP contribution is 2.52. The SMILES string of the molecule is C1=Cc2c(c3cc(-c4ccc5c(c4)Oc4ccccc4N5c4ccc(N(c5ccccc5)c5ccccc5)cc4)ccc3n2-c2ccc3oc4ccccc4c3c2)CC1. The van der Waals surface area contributed by atoms with E-state index in [-0.39, 0.29) is 0 Å². The average molecular weight is 760 g/mol. The van der Waals surface area contributed by atoms with Crippen LogP contribution in [0.2, 0.25) is 0 Å². The van der Waals surface area contributed by atoms with Gasteiger partial charge in [-0.15, -0.1) is 0 Å². The number of nitrogens with zero attached hydrogens (tertiary/aromatic N) is 3. The van der Waals surface area contributed by atoms with E-state index in [0.717, 1.165) is 97.2 Å². The summed E-state index contributed by atoms with van der Waals surface area (Å²) in [5.74, 6) is 1.65. The summed E-state index contributed by atoms with van der Waals surface area (Å²) in [6, 6.07) is 66.5. The first-order valence-corrected chi connectivity index (χ1v) is 20.2. The van der Waals surface area contributed by atoms with E-state index >= 15 is 0 Å². The maximum Gasteiger partial charge on any atom is 0.152 e. The molecule has 0 bridgehead atoms. The second kappa shape index (κ2) is 13.4. The van der Waals surface area contributed by atoms with Gasteiger partial charge in [-0.1, -0.05) is 84.9 Å². The van der Waals surface area contributed by atoms with Crippen molar-refractivity contribution >= 4 is 73.0 Å². The molecule has 0 saturated heterocycles. The highest BCUT2D eigenvalue weighted by molar-refractivity contribution is 6.06. The summed E-state index contributed by atoms with van der Waals surface area (Å²) in [5, 5.41) is 3.55. The number of allylic oxidation sites excluding steroid dienone is 1. The molecule has 10 aromatic rings. The Balaban J connectivity index is 0.932. The smallest absolute Gasteiger partial charge is 0.152 e. The fourth-order valence-corrected chi connectivity index (χ4v) is 9.11. The van der Waals surface area contributed by atoms with Crippen LogP contribution in [0.1, 0.15) is 17.7 Å². The lowest BCUT2D eigenvalue weighted by Crippen LogP contribution is -2.16. The van der Waals surface area contributed by atoms with Crippen molar-refractivity contribution in [3.05, 3.63) is 205 Å². The summed E-state index contributed by atoms with van der Waals surface area (Å²) >= 11 is 0. The molecule has 12 rings (SSSR count). The van der Waals surface area contributed by atoms with Crippen molar-refractivity contribution in [1.82, 2.24) is 4.57 Å². The number of aromatic nitrogens is 1. The predicted octanol–water partition coefficient (Wildman–Crippen LogP) is 15.2. The lowest BCUT2D eigenvalue weighted by Gasteiger charge is -2.33. The average Bonchev–Trinajstić information content (AvgIpc) is 3.84. The van der Waals surface area contributed by atoms with Crippen molar-refractivity contribution in [3.63, 3.8) is 0 Å². The predicted molar refractivity (Wildman–Crippen MR) is 243 cm³/mol. The van der Waals surface area contributed by atoms with Gasteiger partial charge in [0.25, 0.3) is 0 Å². The van der Waals surface area contributed by atoms with Gasteiger partial charge in [0.15, 0.2) is 11.5 Å². The number of fused-ring (bicyclic) bond motifs is 8. The Bertz CT molecular complexity index is 3210. The molecular formula is C54H37N3O2. The van der Waals surface area contributed by atoms with Crippen LogP contribution in [-0.2, 0) is 6.42 Å². The van der Waals surface area contributed by atoms with Gasteiger partial charge in [0.1, 0.15) is 11.2 Å². The van der Waals surface area contributed by atoms with Crippen molar-refractivity contribution in [2.45, 2.75) is 12.8 Å². The summed E-state index contributed by atoms with van der Waals surface area (Å²) in [7, 11) is 0. The van der Waals surface area contributed by atoms with Gasteiger partial charge in [-0.25, -0.2) is 0 Å². The van der Waals surface area contributed by atoms with Crippen molar-refractivity contribution in [3.8, 4) is 28.3 Å². The van der Waals surface area contributed by atoms with E-state index in [1.54, 1.807) is 0 Å². The van der Waals surface area contributed by atoms with E-state index in [0.29, 0.717) is 0 Å². The van der Waals surface area contributed by atoms with Gasteiger partial charge >= 0.3 is 0 Å². The third kappa shape index (κ3) is 5.47. The van der Waals surface area contributed by atoms with Crippen LogP contribution in [0, 0.1) is 0 Å². The number of hydrogen-bond donors (Lipinski definition) is 0. The first kappa shape index (κ1) is 33.4. The Morgan fingerprint density at radius 1 is 0.475 bits per heavy atom. The first-order chi connectivity index (χ1) is 29.2. The molecule has 5 nitrogen and oxygen atoms in total. The molecule has 8 aromatic carbocycles. The number of rotatable bonds is 6. The molecule has 3 heterocycles. The van der Waals surface area contributed by atoms with Crippen molar-refractivity contribution in [2.75, 3.05) is 9.80 Å². The summed E-state index contributed by atoms with van der Waals surface area (Å²) in [5.41, 5.74) is 15.4. The normalized spacial score (nSPS) is 13.0. The van der Waals surface area contributed by atoms with Crippen LogP contribution in [0.3, 0.4) is 0 Å². The molecule has 0 spiro atoms. The molecular weight excluding hydrogens is 723 g/mol. The minimum absolute atomic E-state index is 0.823. The van der Waals surface area contributed by atoms with Gasteiger partial charge in [-0.3, -0.25) is 0 Å². The third-order valence-corrected chi connectivity index (χ3v) is 11.8. The van der Waals surface area contributed by atoms with Crippen molar-refractivity contribution in [2.24, 2.45) is 0 Å². The fourth-order valence-electron chi connectivity index (χ4n) is 9.11. The van der Waals surface area contributed by atoms with Crippen molar-refractivity contribution < 1.29 is 9.15 Å². The molecule has 0 unspecified atom stereocenters. The largest absolute Gasteiger partial charge is 0.456 e. The molecule has 0 N–H and O–H groups in total. The van der Waals surface area contributed by atoms with Crippen molar-refractivity contribution in [1.29, 1.82) is 0 Å². The fraction of sp³-hybridized carbons (Fsp3) is 0.0370. The van der Waals surface area contributed by atoms with E-state index in [2.05, 4.69) is 196 Å². The first-order valence-electron chi connectivity index (χ1n) is 20.2. The molecule has 2 aliphatic rings. The Labute approximate surface area is 341 Å². The summed E-state index contributed by atoms with van der Waals surface area (Å²) in [6.45, 7) is 0. The van der Waals surface area contributed by atoms with Gasteiger partial charge in [-0.05, 0) is 145 Å². The van der Waals surface area contributed by atoms with Gasteiger partial charge < -0.3 is 23.5 Å². The topological polar surface area (TPSA) is 33.8 Å². The molecule has 0 atom stereocenters. The van der Waals surface area contributed by atoms with Gasteiger partial charge in [0.05, 0.1) is 16.9 Å². The highest BCUT2D eigenvalue weighted by atomic mass is 16.5. The summed E-state index contributed by atoms with van der Waals surface area (Å²) in [6.07, 6.45) is 6.62. The quantitative estimate of drug-likeness (QED) is 0.169. The maximum absolute atomic E-state index is 6.70. The Kier molecular flexibility index (Phi) is 7.60. The van der Waals surface area contributed by atoms with Crippen LogP contribution in [0.4, 0.5) is 34.1 Å². The zero-order valence-corrected chi connectivity index (χ0v) is 32.1. The van der Waals surface area contributed by atoms with Crippen LogP contribution in [0.25, 0.3) is 55.7 Å². The summed E-state index contributed by atoms with van der Waals surface area (Å²) in [4.78, 5) is 4.60. The van der Waals surface area contributed by atoms with Crippen LogP contribution in [0.15, 0.2) is 199 Å². The van der Waals surface area contributed by atoms with Gasteiger partial charge in [0, 0.05) is 50.3 Å². The van der Waals surface area contributed by atoms with Crippen LogP contribution < -0.4 is 14.5 Å². The van der Waals surface area contributed by atoms with Gasteiger partial charge in [0.2, 0.25) is 0 Å². The molecule has 0 fully saturated rings. The second-order valence-corrected chi connectivity index (χ2v) is 15.3. The number of benzene rings is 8. The molecule has 0 amide bonds. The molecule has 1 aliphatic heterocycles. The zero-order valence-electron chi connectivity index (χ0n) is 32.1. The minimum atomic E-state index is 0.823. The second-order valence-electron chi connectivity index (χ2n) is 15.3. The standard InChI is InChI=1S/C54H37N3O2/c1-3-13-38(14-4-1)55(39-15-5-2-6-16-39)40-25-27-41(28-26-40)56-49-20-10-12-22-53(49)59-54-34-37(24-31-50(54)56)36-23-30-48-45(33-36)43-17-7-9-19-47(43)57(48)42-29-32-52-46(35-42)44-18-8-11-21-51(44)58-52/h1-6,8-16,18-35H,7,17H2. The monoisotopic (exact) mass is 759 g/mol. The summed E-state index contributed by atoms with van der Waals surface area (Å²) < 4.78 is 15.3. The van der Waals surface area contributed by atoms with Crippen LogP contribution in [-0.4, -0.2) is 4.57 Å². The Hall–Kier alpha value is -7.76. The van der Waals surface area contributed by atoms with Crippen LogP contribution >= 0.6 is 0 Å². The minimum Gasteiger partial charge on any atom is -0.456 e. The number of ether oxygens (including phenoxy) is 1. The zero-order chi connectivity index (χ0) is 38.9. The molecule has 1 aliphatic carbocycles. The number of furan rings is 1. The van der Waals surface area contributed by atoms with Crippen LogP contribution in [0.5, 0.6) is 11.5 Å². The maximum atomic E-state index is 6.70. The van der Waals surface area contributed by atoms with E-state index < -0.39 is 0 Å². The molecule has 5 heteroatoms. The molecule has 280 valence electrons. The number of para-hydroxylation sites is 5. The Morgan fingerprint density at radius 2 is 1.14 bits per heavy atom.